The minimum Gasteiger partial charge on any atom is -0.466 e. The van der Waals surface area contributed by atoms with Crippen molar-refractivity contribution in [3.8, 4) is 0 Å². The van der Waals surface area contributed by atoms with Gasteiger partial charge < -0.3 is 4.74 Å². The van der Waals surface area contributed by atoms with Crippen LogP contribution in [0.25, 0.3) is 0 Å². The summed E-state index contributed by atoms with van der Waals surface area (Å²) in [5.74, 6) is -0.511. The first-order chi connectivity index (χ1) is 11.5. The highest BCUT2D eigenvalue weighted by molar-refractivity contribution is 8.15. The van der Waals surface area contributed by atoms with Gasteiger partial charge in [-0.15, -0.1) is 0 Å². The Hall–Kier alpha value is -1.79. The van der Waals surface area contributed by atoms with E-state index in [-0.39, 0.29) is 11.2 Å². The third kappa shape index (κ3) is 2.74. The van der Waals surface area contributed by atoms with E-state index in [1.165, 1.54) is 18.9 Å². The van der Waals surface area contributed by atoms with Crippen LogP contribution in [-0.4, -0.2) is 34.3 Å². The van der Waals surface area contributed by atoms with E-state index >= 15 is 0 Å². The van der Waals surface area contributed by atoms with Gasteiger partial charge in [-0.1, -0.05) is 42.4 Å². The summed E-state index contributed by atoms with van der Waals surface area (Å²) >= 11 is 7.42. The van der Waals surface area contributed by atoms with Gasteiger partial charge in [0.25, 0.3) is 0 Å². The molecule has 2 aliphatic rings. The molecule has 0 aromatic heterocycles. The molecule has 0 N–H and O–H groups in total. The van der Waals surface area contributed by atoms with Gasteiger partial charge in [0.15, 0.2) is 5.17 Å². The van der Waals surface area contributed by atoms with Crippen molar-refractivity contribution < 1.29 is 14.3 Å². The van der Waals surface area contributed by atoms with E-state index < -0.39 is 12.0 Å². The predicted molar refractivity (Wildman–Crippen MR) is 94.9 cm³/mol. The number of ether oxygens (including phenoxy) is 1. The molecule has 1 saturated heterocycles. The lowest BCUT2D eigenvalue weighted by Crippen LogP contribution is -2.40. The summed E-state index contributed by atoms with van der Waals surface area (Å²) < 4.78 is 4.94. The molecule has 0 radical (unpaired) electrons. The Balaban J connectivity index is 2.15. The van der Waals surface area contributed by atoms with E-state index in [9.17, 15) is 9.59 Å². The lowest BCUT2D eigenvalue weighted by atomic mass is 9.94. The number of amidine groups is 1. The summed E-state index contributed by atoms with van der Waals surface area (Å²) in [7, 11) is 1.33. The maximum Gasteiger partial charge on any atom is 0.338 e. The van der Waals surface area contributed by atoms with Crippen LogP contribution in [0, 0.1) is 0 Å². The summed E-state index contributed by atoms with van der Waals surface area (Å²) in [5.41, 5.74) is 1.76. The molecule has 2 heterocycles. The average Bonchev–Trinajstić information content (AvgIpc) is 2.89. The number of halogens is 1. The molecular weight excluding hydrogens is 348 g/mol. The Labute approximate surface area is 149 Å². The monoisotopic (exact) mass is 364 g/mol. The van der Waals surface area contributed by atoms with Crippen molar-refractivity contribution in [3.63, 3.8) is 0 Å². The number of esters is 1. The fraction of sp³-hybridized carbons (Fsp3) is 0.353. The van der Waals surface area contributed by atoms with E-state index in [1.54, 1.807) is 24.0 Å². The first-order valence-corrected chi connectivity index (χ1v) is 8.86. The number of rotatable bonds is 3. The smallest absolute Gasteiger partial charge is 0.338 e. The summed E-state index contributed by atoms with van der Waals surface area (Å²) in [6, 6.07) is 6.60. The number of thioether (sulfide) groups is 1. The second-order valence-corrected chi connectivity index (χ2v) is 7.17. The van der Waals surface area contributed by atoms with Crippen LogP contribution in [0.4, 0.5) is 0 Å². The van der Waals surface area contributed by atoms with Crippen LogP contribution in [0.1, 0.15) is 31.9 Å². The van der Waals surface area contributed by atoms with Crippen molar-refractivity contribution >= 4 is 40.4 Å². The molecule has 7 heteroatoms. The SMILES string of the molecule is CC[C@H]1SC2=NC(C)=C(C(=O)OC)[C@@H](c3ccc(Cl)cc3)N2C1=O. The first-order valence-electron chi connectivity index (χ1n) is 7.60. The van der Waals surface area contributed by atoms with Gasteiger partial charge in [0.1, 0.15) is 0 Å². The number of carbonyl (C=O) groups excluding carboxylic acids is 2. The highest BCUT2D eigenvalue weighted by Crippen LogP contribution is 2.44. The van der Waals surface area contributed by atoms with Gasteiger partial charge in [0.05, 0.1) is 29.7 Å². The molecule has 0 aliphatic carbocycles. The number of allylic oxidation sites excluding steroid dienone is 1. The van der Waals surface area contributed by atoms with E-state index in [2.05, 4.69) is 4.99 Å². The molecule has 2 atom stereocenters. The molecule has 0 saturated carbocycles. The van der Waals surface area contributed by atoms with Crippen molar-refractivity contribution in [1.29, 1.82) is 0 Å². The Bertz CT molecular complexity index is 758. The summed E-state index contributed by atoms with van der Waals surface area (Å²) in [6.45, 7) is 3.73. The van der Waals surface area contributed by atoms with Crippen LogP contribution >= 0.6 is 23.4 Å². The average molecular weight is 365 g/mol. The Morgan fingerprint density at radius 3 is 2.62 bits per heavy atom. The number of hydrogen-bond donors (Lipinski definition) is 0. The number of carbonyl (C=O) groups is 2. The van der Waals surface area contributed by atoms with Gasteiger partial charge in [-0.05, 0) is 31.0 Å². The zero-order valence-electron chi connectivity index (χ0n) is 13.6. The number of aliphatic imine (C=N–C) groups is 1. The number of benzene rings is 1. The highest BCUT2D eigenvalue weighted by atomic mass is 35.5. The van der Waals surface area contributed by atoms with Gasteiger partial charge in [-0.25, -0.2) is 9.79 Å². The number of fused-ring (bicyclic) bond motifs is 1. The molecule has 0 spiro atoms. The lowest BCUT2D eigenvalue weighted by Gasteiger charge is -2.32. The zero-order chi connectivity index (χ0) is 17.4. The molecule has 126 valence electrons. The number of methoxy groups -OCH3 is 1. The lowest BCUT2D eigenvalue weighted by molar-refractivity contribution is -0.137. The molecule has 2 aliphatic heterocycles. The zero-order valence-corrected chi connectivity index (χ0v) is 15.1. The van der Waals surface area contributed by atoms with Crippen molar-refractivity contribution in [2.24, 2.45) is 4.99 Å². The first kappa shape index (κ1) is 17.0. The predicted octanol–water partition coefficient (Wildman–Crippen LogP) is 3.55. The van der Waals surface area contributed by atoms with Crippen molar-refractivity contribution in [3.05, 3.63) is 46.1 Å². The number of nitrogens with zero attached hydrogens (tertiary/aromatic N) is 2. The van der Waals surface area contributed by atoms with Crippen molar-refractivity contribution in [2.45, 2.75) is 31.6 Å². The molecule has 0 unspecified atom stereocenters. The van der Waals surface area contributed by atoms with Crippen LogP contribution in [0.3, 0.4) is 0 Å². The van der Waals surface area contributed by atoms with Gasteiger partial charge in [0.2, 0.25) is 5.91 Å². The van der Waals surface area contributed by atoms with Crippen molar-refractivity contribution in [1.82, 2.24) is 4.90 Å². The van der Waals surface area contributed by atoms with Crippen LogP contribution in [0.2, 0.25) is 5.02 Å². The minimum atomic E-state index is -0.543. The molecule has 3 rings (SSSR count). The normalized spacial score (nSPS) is 23.2. The Kier molecular flexibility index (Phi) is 4.69. The summed E-state index contributed by atoms with van der Waals surface area (Å²) in [6.07, 6.45) is 0.707. The third-order valence-electron chi connectivity index (χ3n) is 4.11. The summed E-state index contributed by atoms with van der Waals surface area (Å²) in [4.78, 5) is 31.2. The van der Waals surface area contributed by atoms with Crippen LogP contribution < -0.4 is 0 Å². The second kappa shape index (κ2) is 6.61. The van der Waals surface area contributed by atoms with Gasteiger partial charge in [-0.2, -0.15) is 0 Å². The summed E-state index contributed by atoms with van der Waals surface area (Å²) in [5, 5.41) is 1.05. The minimum absolute atomic E-state index is 0.0323. The molecule has 1 aromatic rings. The van der Waals surface area contributed by atoms with E-state index in [0.717, 1.165) is 5.56 Å². The van der Waals surface area contributed by atoms with Crippen LogP contribution in [-0.2, 0) is 14.3 Å². The van der Waals surface area contributed by atoms with Gasteiger partial charge in [-0.3, -0.25) is 9.69 Å². The standard InChI is InChI=1S/C17H17ClN2O3S/c1-4-12-15(21)20-14(10-5-7-11(18)8-6-10)13(16(22)23-3)9(2)19-17(20)24-12/h5-8,12,14H,4H2,1-3H3/t12-,14-/m1/s1. The molecular formula is C17H17ClN2O3S. The van der Waals surface area contributed by atoms with Crippen LogP contribution in [0.5, 0.6) is 0 Å². The molecule has 1 aromatic carbocycles. The van der Waals surface area contributed by atoms with Crippen molar-refractivity contribution in [2.75, 3.05) is 7.11 Å². The highest BCUT2D eigenvalue weighted by Gasteiger charge is 2.47. The molecule has 1 fully saturated rings. The van der Waals surface area contributed by atoms with E-state index in [0.29, 0.717) is 27.9 Å². The van der Waals surface area contributed by atoms with Gasteiger partial charge >= 0.3 is 5.97 Å². The molecule has 0 bridgehead atoms. The fourth-order valence-corrected chi connectivity index (χ4v) is 4.18. The molecule has 1 amide bonds. The van der Waals surface area contributed by atoms with E-state index in [1.807, 2.05) is 19.1 Å². The maximum absolute atomic E-state index is 12.8. The topological polar surface area (TPSA) is 59.0 Å². The molecule has 5 nitrogen and oxygen atoms in total. The fourth-order valence-electron chi connectivity index (χ4n) is 2.92. The molecule has 24 heavy (non-hydrogen) atoms. The quantitative estimate of drug-likeness (QED) is 0.769. The Morgan fingerprint density at radius 1 is 1.38 bits per heavy atom. The second-order valence-electron chi connectivity index (χ2n) is 5.56. The van der Waals surface area contributed by atoms with E-state index in [4.69, 9.17) is 16.3 Å². The van der Waals surface area contributed by atoms with Gasteiger partial charge in [0, 0.05) is 5.02 Å². The van der Waals surface area contributed by atoms with Crippen LogP contribution in [0.15, 0.2) is 40.5 Å². The maximum atomic E-state index is 12.8. The number of amides is 1. The number of hydrogen-bond acceptors (Lipinski definition) is 5. The Morgan fingerprint density at radius 2 is 2.04 bits per heavy atom. The largest absolute Gasteiger partial charge is 0.466 e. The third-order valence-corrected chi connectivity index (χ3v) is 5.68.